The third kappa shape index (κ3) is 3.11. The first-order chi connectivity index (χ1) is 9.13. The number of aromatic nitrogens is 1. The van der Waals surface area contributed by atoms with Gasteiger partial charge in [-0.3, -0.25) is 4.98 Å². The predicted molar refractivity (Wildman–Crippen MR) is 75.9 cm³/mol. The lowest BCUT2D eigenvalue weighted by molar-refractivity contribution is 0.554. The van der Waals surface area contributed by atoms with Gasteiger partial charge in [0.05, 0.1) is 12.2 Å². The van der Waals surface area contributed by atoms with Crippen LogP contribution in [0.2, 0.25) is 5.02 Å². The van der Waals surface area contributed by atoms with Crippen LogP contribution >= 0.6 is 11.6 Å². The fraction of sp³-hybridized carbons (Fsp3) is 0.267. The molecular weight excluding hydrogens is 263 g/mol. The molecular formula is C15H16ClFN2. The lowest BCUT2D eigenvalue weighted by Gasteiger charge is -2.20. The van der Waals surface area contributed by atoms with Crippen molar-refractivity contribution in [1.29, 1.82) is 0 Å². The normalized spacial score (nSPS) is 12.4. The molecule has 0 amide bonds. The van der Waals surface area contributed by atoms with E-state index in [9.17, 15) is 4.39 Å². The second-order valence-electron chi connectivity index (χ2n) is 4.40. The minimum Gasteiger partial charge on any atom is -0.306 e. The zero-order valence-electron chi connectivity index (χ0n) is 11.0. The number of benzene rings is 1. The standard InChI is InChI=1S/C15H16ClFN2/c1-3-19-15(12-6-7-18-9-14(12)17)11-4-5-13(16)10(2)8-11/h4-9,15,19H,3H2,1-2H3. The summed E-state index contributed by atoms with van der Waals surface area (Å²) < 4.78 is 13.9. The molecule has 0 aliphatic heterocycles. The average molecular weight is 279 g/mol. The Morgan fingerprint density at radius 1 is 1.37 bits per heavy atom. The van der Waals surface area contributed by atoms with Crippen LogP contribution in [0.4, 0.5) is 4.39 Å². The zero-order chi connectivity index (χ0) is 13.8. The summed E-state index contributed by atoms with van der Waals surface area (Å²) in [6, 6.07) is 7.25. The van der Waals surface area contributed by atoms with E-state index in [2.05, 4.69) is 10.3 Å². The summed E-state index contributed by atoms with van der Waals surface area (Å²) >= 11 is 6.04. The topological polar surface area (TPSA) is 24.9 Å². The van der Waals surface area contributed by atoms with Gasteiger partial charge in [0.2, 0.25) is 0 Å². The highest BCUT2D eigenvalue weighted by Crippen LogP contribution is 2.27. The van der Waals surface area contributed by atoms with Crippen molar-refractivity contribution in [2.24, 2.45) is 0 Å². The lowest BCUT2D eigenvalue weighted by Crippen LogP contribution is -2.23. The van der Waals surface area contributed by atoms with Gasteiger partial charge in [0, 0.05) is 16.8 Å². The molecule has 1 atom stereocenters. The number of halogens is 2. The Hall–Kier alpha value is -1.45. The fourth-order valence-electron chi connectivity index (χ4n) is 2.08. The number of pyridine rings is 1. The summed E-state index contributed by atoms with van der Waals surface area (Å²) in [7, 11) is 0. The minimum absolute atomic E-state index is 0.191. The molecule has 19 heavy (non-hydrogen) atoms. The second-order valence-corrected chi connectivity index (χ2v) is 4.80. The van der Waals surface area contributed by atoms with E-state index in [1.807, 2.05) is 32.0 Å². The highest BCUT2D eigenvalue weighted by molar-refractivity contribution is 6.31. The molecule has 2 aromatic rings. The quantitative estimate of drug-likeness (QED) is 0.918. The van der Waals surface area contributed by atoms with Crippen molar-refractivity contribution in [1.82, 2.24) is 10.3 Å². The summed E-state index contributed by atoms with van der Waals surface area (Å²) in [5.41, 5.74) is 2.57. The van der Waals surface area contributed by atoms with Crippen molar-refractivity contribution >= 4 is 11.6 Å². The maximum absolute atomic E-state index is 13.9. The molecule has 0 aliphatic rings. The summed E-state index contributed by atoms with van der Waals surface area (Å²) in [5.74, 6) is -0.305. The first kappa shape index (κ1) is 14.0. The molecule has 0 radical (unpaired) electrons. The molecule has 0 fully saturated rings. The van der Waals surface area contributed by atoms with E-state index in [-0.39, 0.29) is 11.9 Å². The fourth-order valence-corrected chi connectivity index (χ4v) is 2.20. The van der Waals surface area contributed by atoms with Gasteiger partial charge >= 0.3 is 0 Å². The van der Waals surface area contributed by atoms with Gasteiger partial charge in [-0.05, 0) is 36.7 Å². The van der Waals surface area contributed by atoms with Crippen LogP contribution in [0.25, 0.3) is 0 Å². The number of aryl methyl sites for hydroxylation is 1. The molecule has 0 saturated carbocycles. The lowest BCUT2D eigenvalue weighted by atomic mass is 9.97. The van der Waals surface area contributed by atoms with Gasteiger partial charge in [-0.2, -0.15) is 0 Å². The van der Waals surface area contributed by atoms with Crippen LogP contribution in [0.5, 0.6) is 0 Å². The zero-order valence-corrected chi connectivity index (χ0v) is 11.7. The number of rotatable bonds is 4. The van der Waals surface area contributed by atoms with Gasteiger partial charge in [0.1, 0.15) is 5.82 Å². The van der Waals surface area contributed by atoms with Crippen LogP contribution < -0.4 is 5.32 Å². The van der Waals surface area contributed by atoms with Gasteiger partial charge in [-0.1, -0.05) is 30.7 Å². The highest BCUT2D eigenvalue weighted by atomic mass is 35.5. The Morgan fingerprint density at radius 2 is 2.16 bits per heavy atom. The van der Waals surface area contributed by atoms with Crippen LogP contribution in [-0.4, -0.2) is 11.5 Å². The molecule has 2 nitrogen and oxygen atoms in total. The SMILES string of the molecule is CCNC(c1ccc(Cl)c(C)c1)c1ccncc1F. The average Bonchev–Trinajstić information content (AvgIpc) is 2.40. The van der Waals surface area contributed by atoms with Crippen molar-refractivity contribution in [2.45, 2.75) is 19.9 Å². The molecule has 0 spiro atoms. The van der Waals surface area contributed by atoms with Gasteiger partial charge in [-0.15, -0.1) is 0 Å². The third-order valence-electron chi connectivity index (χ3n) is 3.04. The molecule has 0 saturated heterocycles. The summed E-state index contributed by atoms with van der Waals surface area (Å²) in [4.78, 5) is 3.79. The largest absolute Gasteiger partial charge is 0.306 e. The maximum Gasteiger partial charge on any atom is 0.146 e. The van der Waals surface area contributed by atoms with E-state index >= 15 is 0 Å². The highest BCUT2D eigenvalue weighted by Gasteiger charge is 2.17. The van der Waals surface area contributed by atoms with Gasteiger partial charge in [-0.25, -0.2) is 4.39 Å². The molecule has 0 aliphatic carbocycles. The summed E-state index contributed by atoms with van der Waals surface area (Å²) in [5, 5.41) is 4.01. The smallest absolute Gasteiger partial charge is 0.146 e. The monoisotopic (exact) mass is 278 g/mol. The van der Waals surface area contributed by atoms with Crippen molar-refractivity contribution < 1.29 is 4.39 Å². The van der Waals surface area contributed by atoms with E-state index in [0.29, 0.717) is 10.6 Å². The summed E-state index contributed by atoms with van der Waals surface area (Å²) in [6.07, 6.45) is 2.84. The van der Waals surface area contributed by atoms with E-state index in [1.165, 1.54) is 6.20 Å². The van der Waals surface area contributed by atoms with Gasteiger partial charge < -0.3 is 5.32 Å². The molecule has 100 valence electrons. The van der Waals surface area contributed by atoms with Crippen LogP contribution in [0.15, 0.2) is 36.7 Å². The van der Waals surface area contributed by atoms with Gasteiger partial charge in [0.15, 0.2) is 0 Å². The molecule has 2 rings (SSSR count). The summed E-state index contributed by atoms with van der Waals surface area (Å²) in [6.45, 7) is 4.68. The molecule has 1 N–H and O–H groups in total. The van der Waals surface area contributed by atoms with Crippen LogP contribution in [0.3, 0.4) is 0 Å². The van der Waals surface area contributed by atoms with E-state index in [0.717, 1.165) is 17.7 Å². The molecule has 1 aromatic heterocycles. The third-order valence-corrected chi connectivity index (χ3v) is 3.46. The Balaban J connectivity index is 2.45. The van der Waals surface area contributed by atoms with E-state index in [4.69, 9.17) is 11.6 Å². The van der Waals surface area contributed by atoms with Crippen LogP contribution in [0, 0.1) is 12.7 Å². The number of nitrogens with one attached hydrogen (secondary N) is 1. The molecule has 1 aromatic carbocycles. The second kappa shape index (κ2) is 6.13. The number of hydrogen-bond donors (Lipinski definition) is 1. The van der Waals surface area contributed by atoms with Crippen LogP contribution in [0.1, 0.15) is 29.7 Å². The molecule has 4 heteroatoms. The first-order valence-corrected chi connectivity index (χ1v) is 6.60. The maximum atomic E-state index is 13.9. The molecule has 1 heterocycles. The van der Waals surface area contributed by atoms with Crippen molar-refractivity contribution in [2.75, 3.05) is 6.54 Å². The van der Waals surface area contributed by atoms with Crippen molar-refractivity contribution in [3.63, 3.8) is 0 Å². The molecule has 1 unspecified atom stereocenters. The van der Waals surface area contributed by atoms with E-state index in [1.54, 1.807) is 12.3 Å². The Kier molecular flexibility index (Phi) is 4.51. The number of nitrogens with zero attached hydrogens (tertiary/aromatic N) is 1. The number of hydrogen-bond acceptors (Lipinski definition) is 2. The Bertz CT molecular complexity index is 572. The Morgan fingerprint density at radius 3 is 2.79 bits per heavy atom. The van der Waals surface area contributed by atoms with Gasteiger partial charge in [0.25, 0.3) is 0 Å². The van der Waals surface area contributed by atoms with Crippen LogP contribution in [-0.2, 0) is 0 Å². The predicted octanol–water partition coefficient (Wildman–Crippen LogP) is 3.88. The first-order valence-electron chi connectivity index (χ1n) is 6.22. The van der Waals surface area contributed by atoms with Crippen molar-refractivity contribution in [3.8, 4) is 0 Å². The minimum atomic E-state index is -0.305. The molecule has 0 bridgehead atoms. The Labute approximate surface area is 117 Å². The van der Waals surface area contributed by atoms with Crippen molar-refractivity contribution in [3.05, 3.63) is 64.2 Å². The van der Waals surface area contributed by atoms with E-state index < -0.39 is 0 Å².